The Kier molecular flexibility index (Phi) is 9.16. The third-order valence-electron chi connectivity index (χ3n) is 11.1. The molecule has 2 saturated heterocycles. The van der Waals surface area contributed by atoms with E-state index in [9.17, 15) is 19.5 Å². The number of nitrogens with one attached hydrogen (secondary N) is 3. The Morgan fingerprint density at radius 1 is 1.00 bits per heavy atom. The zero-order valence-corrected chi connectivity index (χ0v) is 31.0. The van der Waals surface area contributed by atoms with E-state index < -0.39 is 18.2 Å². The SMILES string of the molecule is COC[C@H]1C[C@@H](c2ncc(-c3ccc4c(c3)COc3cc5c(ccc6[nH]c([C@@H]7C[C@H](C)CN7C(=O)[C@@H](NC(=O)OC)C(C)C)nc65)cc3-4)[nH]2)N(C(=O)O)C1. The van der Waals surface area contributed by atoms with Gasteiger partial charge in [-0.05, 0) is 71.0 Å². The summed E-state index contributed by atoms with van der Waals surface area (Å²) in [6.07, 6.45) is 1.57. The van der Waals surface area contributed by atoms with Crippen LogP contribution in [-0.4, -0.2) is 92.9 Å². The van der Waals surface area contributed by atoms with E-state index in [2.05, 4.69) is 63.6 Å². The van der Waals surface area contributed by atoms with Gasteiger partial charge in [0.15, 0.2) is 0 Å². The maximum absolute atomic E-state index is 13.8. The number of hydrogen-bond acceptors (Lipinski definition) is 8. The number of carbonyl (C=O) groups is 3. The predicted octanol–water partition coefficient (Wildman–Crippen LogP) is 6.64. The second-order valence-electron chi connectivity index (χ2n) is 15.2. The van der Waals surface area contributed by atoms with E-state index in [1.807, 2.05) is 24.8 Å². The number of rotatable bonds is 8. The van der Waals surface area contributed by atoms with E-state index in [-0.39, 0.29) is 35.7 Å². The van der Waals surface area contributed by atoms with Crippen LogP contribution in [0.3, 0.4) is 0 Å². The van der Waals surface area contributed by atoms with Crippen molar-refractivity contribution >= 4 is 39.9 Å². The Hall–Kier alpha value is -5.63. The minimum absolute atomic E-state index is 0.117. The number of carboxylic acid groups (broad SMARTS) is 1. The van der Waals surface area contributed by atoms with Crippen LogP contribution < -0.4 is 10.1 Å². The van der Waals surface area contributed by atoms with Gasteiger partial charge in [-0.25, -0.2) is 19.6 Å². The molecule has 0 bridgehead atoms. The normalized spacial score (nSPS) is 21.3. The van der Waals surface area contributed by atoms with Gasteiger partial charge >= 0.3 is 12.2 Å². The molecule has 5 atom stereocenters. The van der Waals surface area contributed by atoms with E-state index in [0.29, 0.717) is 44.4 Å². The molecular weight excluding hydrogens is 690 g/mol. The Bertz CT molecular complexity index is 2260. The Labute approximate surface area is 312 Å². The average molecular weight is 736 g/mol. The number of likely N-dealkylation sites (tertiary alicyclic amines) is 2. The number of imidazole rings is 2. The van der Waals surface area contributed by atoms with E-state index >= 15 is 0 Å². The minimum atomic E-state index is -0.963. The number of carbonyl (C=O) groups excluding carboxylic acids is 2. The van der Waals surface area contributed by atoms with Crippen molar-refractivity contribution in [3.63, 3.8) is 0 Å². The van der Waals surface area contributed by atoms with Gasteiger partial charge in [0.25, 0.3) is 0 Å². The second-order valence-corrected chi connectivity index (χ2v) is 15.2. The number of ether oxygens (including phenoxy) is 3. The van der Waals surface area contributed by atoms with Gasteiger partial charge in [-0.1, -0.05) is 39.0 Å². The van der Waals surface area contributed by atoms with Crippen LogP contribution in [0.15, 0.2) is 48.7 Å². The van der Waals surface area contributed by atoms with Gasteiger partial charge in [0, 0.05) is 37.1 Å². The van der Waals surface area contributed by atoms with Gasteiger partial charge in [0.05, 0.1) is 48.7 Å². The highest BCUT2D eigenvalue weighted by molar-refractivity contribution is 6.07. The first kappa shape index (κ1) is 35.4. The number of nitrogens with zero attached hydrogens (tertiary/aromatic N) is 4. The smallest absolute Gasteiger partial charge is 0.407 e. The number of alkyl carbamates (subject to hydrolysis) is 1. The second kappa shape index (κ2) is 14.0. The molecule has 3 amide bonds. The Balaban J connectivity index is 1.07. The van der Waals surface area contributed by atoms with Gasteiger partial charge in [-0.3, -0.25) is 9.69 Å². The van der Waals surface area contributed by atoms with E-state index in [0.717, 1.165) is 61.9 Å². The van der Waals surface area contributed by atoms with Crippen LogP contribution in [0.4, 0.5) is 9.59 Å². The minimum Gasteiger partial charge on any atom is -0.488 e. The molecule has 14 heteroatoms. The fourth-order valence-corrected chi connectivity index (χ4v) is 8.46. The van der Waals surface area contributed by atoms with Gasteiger partial charge < -0.3 is 39.5 Å². The average Bonchev–Trinajstić information content (AvgIpc) is 3.98. The summed E-state index contributed by atoms with van der Waals surface area (Å²) in [7, 11) is 2.92. The van der Waals surface area contributed by atoms with Gasteiger partial charge in [0.1, 0.15) is 30.0 Å². The number of methoxy groups -OCH3 is 2. The molecule has 54 heavy (non-hydrogen) atoms. The third-order valence-corrected chi connectivity index (χ3v) is 11.1. The number of aromatic nitrogens is 4. The van der Waals surface area contributed by atoms with Crippen molar-refractivity contribution in [3.8, 4) is 28.1 Å². The number of benzene rings is 3. The zero-order chi connectivity index (χ0) is 37.8. The van der Waals surface area contributed by atoms with Crippen LogP contribution in [0.25, 0.3) is 44.2 Å². The highest BCUT2D eigenvalue weighted by Crippen LogP contribution is 2.44. The van der Waals surface area contributed by atoms with Gasteiger partial charge in [-0.15, -0.1) is 0 Å². The molecule has 0 radical (unpaired) electrons. The molecule has 2 aromatic heterocycles. The van der Waals surface area contributed by atoms with Crippen molar-refractivity contribution in [1.82, 2.24) is 35.1 Å². The molecule has 0 unspecified atom stereocenters. The van der Waals surface area contributed by atoms with Crippen molar-refractivity contribution in [2.45, 2.75) is 58.3 Å². The van der Waals surface area contributed by atoms with Gasteiger partial charge in [0.2, 0.25) is 5.91 Å². The fourth-order valence-electron chi connectivity index (χ4n) is 8.46. The summed E-state index contributed by atoms with van der Waals surface area (Å²) in [5, 5.41) is 14.5. The maximum Gasteiger partial charge on any atom is 0.407 e. The summed E-state index contributed by atoms with van der Waals surface area (Å²) in [5.41, 5.74) is 6.53. The third kappa shape index (κ3) is 6.27. The first-order valence-corrected chi connectivity index (χ1v) is 18.4. The van der Waals surface area contributed by atoms with Crippen LogP contribution in [0.1, 0.15) is 62.9 Å². The van der Waals surface area contributed by atoms with E-state index in [4.69, 9.17) is 19.2 Å². The van der Waals surface area contributed by atoms with Crippen molar-refractivity contribution in [2.75, 3.05) is 33.9 Å². The lowest BCUT2D eigenvalue weighted by Gasteiger charge is -2.30. The molecule has 2 fully saturated rings. The summed E-state index contributed by atoms with van der Waals surface area (Å²) in [6, 6.07) is 13.2. The topological polar surface area (TPSA) is 175 Å². The van der Waals surface area contributed by atoms with Crippen LogP contribution >= 0.6 is 0 Å². The first-order valence-electron chi connectivity index (χ1n) is 18.4. The lowest BCUT2D eigenvalue weighted by molar-refractivity contribution is -0.135. The summed E-state index contributed by atoms with van der Waals surface area (Å²) in [6.45, 7) is 7.80. The van der Waals surface area contributed by atoms with Gasteiger partial charge in [-0.2, -0.15) is 0 Å². The van der Waals surface area contributed by atoms with Crippen molar-refractivity contribution in [1.29, 1.82) is 0 Å². The Morgan fingerprint density at radius 2 is 1.81 bits per heavy atom. The number of fused-ring (bicyclic) bond motifs is 6. The lowest BCUT2D eigenvalue weighted by atomic mass is 9.92. The summed E-state index contributed by atoms with van der Waals surface area (Å²) < 4.78 is 16.5. The van der Waals surface area contributed by atoms with Crippen LogP contribution in [0.2, 0.25) is 0 Å². The van der Waals surface area contributed by atoms with E-state index in [1.54, 1.807) is 13.3 Å². The highest BCUT2D eigenvalue weighted by Gasteiger charge is 2.41. The molecule has 3 aliphatic heterocycles. The Morgan fingerprint density at radius 3 is 2.57 bits per heavy atom. The molecule has 3 aliphatic rings. The van der Waals surface area contributed by atoms with E-state index in [1.165, 1.54) is 12.0 Å². The predicted molar refractivity (Wildman–Crippen MR) is 201 cm³/mol. The molecule has 5 aromatic rings. The number of aromatic amines is 2. The largest absolute Gasteiger partial charge is 0.488 e. The number of amides is 3. The van der Waals surface area contributed by atoms with Crippen LogP contribution in [0.5, 0.6) is 5.75 Å². The molecule has 0 aliphatic carbocycles. The van der Waals surface area contributed by atoms with Crippen molar-refractivity contribution < 1.29 is 33.7 Å². The molecule has 0 saturated carbocycles. The molecule has 8 rings (SSSR count). The summed E-state index contributed by atoms with van der Waals surface area (Å²) in [4.78, 5) is 57.8. The standard InChI is InChI=1S/C40H45N7O7/c1-20(2)34(45-39(49)53-5)38(48)46-16-21(3)10-31(46)37-42-29-9-7-23-13-28-26-8-6-24(12-25(26)19-54-33(28)14-27(23)35(29)44-37)30-15-41-36(43-30)32-11-22(18-52-4)17-47(32)40(50)51/h6-9,12-15,20-22,31-32,34H,10-11,16-19H2,1-5H3,(H,41,43)(H,42,44)(H,45,49)(H,50,51)/t21-,22-,31-,32-,34-/m0/s1. The number of hydrogen-bond donors (Lipinski definition) is 4. The summed E-state index contributed by atoms with van der Waals surface area (Å²) >= 11 is 0. The molecule has 4 N–H and O–H groups in total. The molecular formula is C40H45N7O7. The lowest BCUT2D eigenvalue weighted by Crippen LogP contribution is -2.51. The molecule has 0 spiro atoms. The summed E-state index contributed by atoms with van der Waals surface area (Å²) in [5.74, 6) is 2.21. The quantitative estimate of drug-likeness (QED) is 0.136. The highest BCUT2D eigenvalue weighted by atomic mass is 16.5. The molecule has 3 aromatic carbocycles. The van der Waals surface area contributed by atoms with Crippen LogP contribution in [0, 0.1) is 17.8 Å². The maximum atomic E-state index is 13.8. The fraction of sp³-hybridized carbons (Fsp3) is 0.425. The van der Waals surface area contributed by atoms with Crippen molar-refractivity contribution in [2.24, 2.45) is 17.8 Å². The van der Waals surface area contributed by atoms with Crippen LogP contribution in [-0.2, 0) is 20.9 Å². The monoisotopic (exact) mass is 735 g/mol. The van der Waals surface area contributed by atoms with Crippen molar-refractivity contribution in [3.05, 3.63) is 65.9 Å². The molecule has 282 valence electrons. The molecule has 5 heterocycles. The number of H-pyrrole nitrogens is 2. The first-order chi connectivity index (χ1) is 26.0. The zero-order valence-electron chi connectivity index (χ0n) is 31.0. The molecule has 14 nitrogen and oxygen atoms in total.